The molecule has 11 heteroatoms. The predicted octanol–water partition coefficient (Wildman–Crippen LogP) is 4.77. The third-order valence-electron chi connectivity index (χ3n) is 6.73. The number of anilines is 3. The second kappa shape index (κ2) is 8.94. The van der Waals surface area contributed by atoms with Crippen molar-refractivity contribution in [2.24, 2.45) is 0 Å². The van der Waals surface area contributed by atoms with E-state index in [4.69, 9.17) is 9.72 Å². The highest BCUT2D eigenvalue weighted by atomic mass is 19.4. The topological polar surface area (TPSA) is 91.0 Å². The summed E-state index contributed by atoms with van der Waals surface area (Å²) >= 11 is 0. The molecule has 3 N–H and O–H groups in total. The SMILES string of the molecule is COc1cnc2cc(Nc3cc(C)[nH]n3)nc(NC3C[C@H]4CC[C@@H](C3)N4CCC(F)(F)F)c2c1. The lowest BCUT2D eigenvalue weighted by Gasteiger charge is -2.39. The first-order valence-corrected chi connectivity index (χ1v) is 11.5. The molecule has 2 fully saturated rings. The van der Waals surface area contributed by atoms with Gasteiger partial charge in [-0.3, -0.25) is 15.0 Å². The van der Waals surface area contributed by atoms with Gasteiger partial charge in [-0.15, -0.1) is 0 Å². The second-order valence-corrected chi connectivity index (χ2v) is 9.16. The van der Waals surface area contributed by atoms with Crippen molar-refractivity contribution in [3.8, 4) is 5.75 Å². The molecule has 0 radical (unpaired) electrons. The molecule has 0 saturated carbocycles. The summed E-state index contributed by atoms with van der Waals surface area (Å²) in [6, 6.07) is 6.07. The normalized spacial score (nSPS) is 22.8. The molecule has 2 bridgehead atoms. The minimum atomic E-state index is -4.12. The molecule has 8 nitrogen and oxygen atoms in total. The lowest BCUT2D eigenvalue weighted by atomic mass is 9.96. The molecule has 3 aromatic rings. The number of ether oxygens (including phenoxy) is 1. The third kappa shape index (κ3) is 4.89. The van der Waals surface area contributed by atoms with Gasteiger partial charge >= 0.3 is 6.18 Å². The monoisotopic (exact) mass is 475 g/mol. The van der Waals surface area contributed by atoms with Crippen molar-refractivity contribution in [3.05, 3.63) is 30.1 Å². The van der Waals surface area contributed by atoms with Crippen LogP contribution < -0.4 is 15.4 Å². The molecule has 2 saturated heterocycles. The molecular weight excluding hydrogens is 447 g/mol. The van der Waals surface area contributed by atoms with E-state index in [-0.39, 0.29) is 24.7 Å². The number of nitrogens with zero attached hydrogens (tertiary/aromatic N) is 4. The van der Waals surface area contributed by atoms with Crippen molar-refractivity contribution >= 4 is 28.4 Å². The Bertz CT molecular complexity index is 1150. The number of piperidine rings is 1. The quantitative estimate of drug-likeness (QED) is 0.453. The molecule has 0 aliphatic carbocycles. The van der Waals surface area contributed by atoms with Crippen molar-refractivity contribution in [1.82, 2.24) is 25.1 Å². The number of aromatic amines is 1. The van der Waals surface area contributed by atoms with Crippen LogP contribution in [0.25, 0.3) is 10.9 Å². The van der Waals surface area contributed by atoms with Crippen molar-refractivity contribution in [1.29, 1.82) is 0 Å². The summed E-state index contributed by atoms with van der Waals surface area (Å²) in [6.07, 6.45) is 0.221. The lowest BCUT2D eigenvalue weighted by Crippen LogP contribution is -2.47. The molecule has 34 heavy (non-hydrogen) atoms. The maximum absolute atomic E-state index is 12.8. The van der Waals surface area contributed by atoms with Gasteiger partial charge < -0.3 is 15.4 Å². The fraction of sp³-hybridized carbons (Fsp3) is 0.522. The molecule has 1 unspecified atom stereocenters. The average Bonchev–Trinajstić information content (AvgIpc) is 3.30. The summed E-state index contributed by atoms with van der Waals surface area (Å²) in [5.74, 6) is 2.56. The van der Waals surface area contributed by atoms with Crippen LogP contribution in [0, 0.1) is 6.92 Å². The molecule has 3 atom stereocenters. The number of hydrogen-bond donors (Lipinski definition) is 3. The Hall–Kier alpha value is -3.08. The van der Waals surface area contributed by atoms with Gasteiger partial charge in [0.05, 0.1) is 25.2 Å². The summed E-state index contributed by atoms with van der Waals surface area (Å²) in [4.78, 5) is 11.4. The summed E-state index contributed by atoms with van der Waals surface area (Å²) in [6.45, 7) is 2.00. The predicted molar refractivity (Wildman–Crippen MR) is 124 cm³/mol. The van der Waals surface area contributed by atoms with Crippen molar-refractivity contribution in [3.63, 3.8) is 0 Å². The molecule has 0 amide bonds. The maximum atomic E-state index is 12.8. The Morgan fingerprint density at radius 1 is 1.15 bits per heavy atom. The van der Waals surface area contributed by atoms with E-state index >= 15 is 0 Å². The molecule has 182 valence electrons. The zero-order valence-corrected chi connectivity index (χ0v) is 19.1. The van der Waals surface area contributed by atoms with E-state index in [0.717, 1.165) is 42.3 Å². The second-order valence-electron chi connectivity index (χ2n) is 9.16. The van der Waals surface area contributed by atoms with Crippen LogP contribution >= 0.6 is 0 Å². The fourth-order valence-corrected chi connectivity index (χ4v) is 5.21. The molecule has 2 aliphatic rings. The van der Waals surface area contributed by atoms with Crippen LogP contribution in [-0.4, -0.2) is 63.0 Å². The number of aryl methyl sites for hydroxylation is 1. The summed E-state index contributed by atoms with van der Waals surface area (Å²) < 4.78 is 43.7. The minimum absolute atomic E-state index is 0.0797. The van der Waals surface area contributed by atoms with Gasteiger partial charge in [-0.2, -0.15) is 18.3 Å². The van der Waals surface area contributed by atoms with Gasteiger partial charge in [0.25, 0.3) is 0 Å². The highest BCUT2D eigenvalue weighted by Gasteiger charge is 2.42. The van der Waals surface area contributed by atoms with E-state index in [0.29, 0.717) is 23.2 Å². The van der Waals surface area contributed by atoms with E-state index < -0.39 is 12.6 Å². The molecule has 2 aliphatic heterocycles. The van der Waals surface area contributed by atoms with E-state index in [9.17, 15) is 13.2 Å². The van der Waals surface area contributed by atoms with Crippen molar-refractivity contribution in [2.45, 2.75) is 63.3 Å². The maximum Gasteiger partial charge on any atom is 0.390 e. The number of nitrogens with one attached hydrogen (secondary N) is 3. The Balaban J connectivity index is 1.38. The fourth-order valence-electron chi connectivity index (χ4n) is 5.21. The van der Waals surface area contributed by atoms with Gasteiger partial charge in [0.1, 0.15) is 17.4 Å². The van der Waals surface area contributed by atoms with Gasteiger partial charge in [0.15, 0.2) is 5.82 Å². The van der Waals surface area contributed by atoms with Gasteiger partial charge in [0.2, 0.25) is 0 Å². The van der Waals surface area contributed by atoms with E-state index in [1.165, 1.54) is 0 Å². The average molecular weight is 476 g/mol. The Kier molecular flexibility index (Phi) is 5.97. The summed E-state index contributed by atoms with van der Waals surface area (Å²) in [7, 11) is 1.59. The summed E-state index contributed by atoms with van der Waals surface area (Å²) in [5, 5.41) is 14.7. The number of halogens is 3. The number of hydrogen-bond acceptors (Lipinski definition) is 7. The van der Waals surface area contributed by atoms with E-state index in [2.05, 4.69) is 30.7 Å². The molecular formula is C23H28F3N7O. The zero-order chi connectivity index (χ0) is 23.9. The number of methoxy groups -OCH3 is 1. The minimum Gasteiger partial charge on any atom is -0.495 e. The van der Waals surface area contributed by atoms with Gasteiger partial charge in [-0.05, 0) is 38.7 Å². The first-order chi connectivity index (χ1) is 16.3. The first-order valence-electron chi connectivity index (χ1n) is 11.5. The Morgan fingerprint density at radius 3 is 2.56 bits per heavy atom. The Labute approximate surface area is 195 Å². The number of H-pyrrole nitrogens is 1. The largest absolute Gasteiger partial charge is 0.495 e. The van der Waals surface area contributed by atoms with Gasteiger partial charge in [-0.25, -0.2) is 4.98 Å². The summed E-state index contributed by atoms with van der Waals surface area (Å²) in [5.41, 5.74) is 1.68. The number of alkyl halides is 3. The third-order valence-corrected chi connectivity index (χ3v) is 6.73. The van der Waals surface area contributed by atoms with Gasteiger partial charge in [-0.1, -0.05) is 0 Å². The molecule has 5 rings (SSSR count). The highest BCUT2D eigenvalue weighted by Crippen LogP contribution is 2.38. The molecule has 0 aromatic carbocycles. The number of pyridine rings is 2. The number of rotatable bonds is 7. The zero-order valence-electron chi connectivity index (χ0n) is 19.1. The standard InChI is InChI=1S/C23H28F3N7O/c1-13-7-21(32-31-13)29-20-11-19-18(10-17(34-2)12-27-19)22(30-20)28-14-8-15-3-4-16(9-14)33(15)6-5-23(24,25)26/h7,10-12,14-16H,3-6,8-9H2,1-2H3,(H3,28,29,30,31,32)/t14?,15-,16+. The number of aromatic nitrogens is 4. The van der Waals surface area contributed by atoms with E-state index in [1.807, 2.05) is 25.1 Å². The molecule has 3 aromatic heterocycles. The smallest absolute Gasteiger partial charge is 0.390 e. The number of fused-ring (bicyclic) bond motifs is 3. The lowest BCUT2D eigenvalue weighted by molar-refractivity contribution is -0.140. The highest BCUT2D eigenvalue weighted by molar-refractivity contribution is 5.92. The first kappa shape index (κ1) is 22.7. The van der Waals surface area contributed by atoms with Crippen LogP contribution in [-0.2, 0) is 0 Å². The van der Waals surface area contributed by atoms with Crippen LogP contribution in [0.5, 0.6) is 5.75 Å². The van der Waals surface area contributed by atoms with Crippen LogP contribution in [0.1, 0.15) is 37.8 Å². The van der Waals surface area contributed by atoms with Crippen LogP contribution in [0.15, 0.2) is 24.4 Å². The molecule has 0 spiro atoms. The van der Waals surface area contributed by atoms with Crippen molar-refractivity contribution < 1.29 is 17.9 Å². The van der Waals surface area contributed by atoms with Crippen LogP contribution in [0.3, 0.4) is 0 Å². The van der Waals surface area contributed by atoms with Crippen molar-refractivity contribution in [2.75, 3.05) is 24.3 Å². The van der Waals surface area contributed by atoms with Crippen LogP contribution in [0.2, 0.25) is 0 Å². The van der Waals surface area contributed by atoms with Crippen LogP contribution in [0.4, 0.5) is 30.6 Å². The molecule has 5 heterocycles. The Morgan fingerprint density at radius 2 is 1.91 bits per heavy atom. The van der Waals surface area contributed by atoms with E-state index in [1.54, 1.807) is 13.3 Å². The van der Waals surface area contributed by atoms with Gasteiger partial charge in [0, 0.05) is 47.9 Å².